The Labute approximate surface area is 221 Å². The van der Waals surface area contributed by atoms with Gasteiger partial charge in [0.1, 0.15) is 28.5 Å². The number of pyridine rings is 1. The minimum atomic E-state index is -4.09. The molecule has 0 aliphatic heterocycles. The molecule has 0 fully saturated rings. The van der Waals surface area contributed by atoms with Gasteiger partial charge in [-0.1, -0.05) is 6.07 Å². The van der Waals surface area contributed by atoms with Gasteiger partial charge in [0, 0.05) is 31.3 Å². The summed E-state index contributed by atoms with van der Waals surface area (Å²) in [5.74, 6) is 1.11. The number of methoxy groups -OCH3 is 3. The van der Waals surface area contributed by atoms with E-state index < -0.39 is 21.4 Å². The standard InChI is InChI=1S/C25H29N7O5S/c1-15-10-18(13-26-11-15)24-29-30-25(32(24)22-20(35-4)8-7-9-21(22)36-5)31-38(33,34)17(3)23(37-6)19-14-27-16(2)12-28-19/h7-14,17,23H,1-6H3,(H,30,31)/t17-,23+/m0/s1. The molecule has 3 heterocycles. The molecule has 0 aliphatic rings. The van der Waals surface area contributed by atoms with Crippen molar-refractivity contribution < 1.29 is 22.6 Å². The summed E-state index contributed by atoms with van der Waals surface area (Å²) in [5, 5.41) is 7.44. The molecule has 3 aromatic heterocycles. The van der Waals surface area contributed by atoms with Crippen molar-refractivity contribution in [2.24, 2.45) is 0 Å². The average molecular weight is 540 g/mol. The molecule has 0 spiro atoms. The third kappa shape index (κ3) is 5.29. The first-order valence-corrected chi connectivity index (χ1v) is 13.2. The van der Waals surface area contributed by atoms with Crippen molar-refractivity contribution in [3.8, 4) is 28.6 Å². The summed E-state index contributed by atoms with van der Waals surface area (Å²) in [4.78, 5) is 12.8. The molecular formula is C25H29N7O5S. The van der Waals surface area contributed by atoms with E-state index in [1.807, 2.05) is 13.0 Å². The van der Waals surface area contributed by atoms with E-state index in [2.05, 4.69) is 29.9 Å². The van der Waals surface area contributed by atoms with Gasteiger partial charge >= 0.3 is 0 Å². The van der Waals surface area contributed by atoms with E-state index in [1.54, 1.807) is 43.7 Å². The van der Waals surface area contributed by atoms with Crippen LogP contribution in [-0.2, 0) is 14.8 Å². The summed E-state index contributed by atoms with van der Waals surface area (Å²) >= 11 is 0. The van der Waals surface area contributed by atoms with Crippen molar-refractivity contribution in [3.05, 3.63) is 66.0 Å². The lowest BCUT2D eigenvalue weighted by Gasteiger charge is -2.23. The Bertz CT molecular complexity index is 1500. The van der Waals surface area contributed by atoms with Gasteiger partial charge in [-0.05, 0) is 44.5 Å². The second-order valence-electron chi connectivity index (χ2n) is 8.54. The van der Waals surface area contributed by atoms with Gasteiger partial charge in [0.25, 0.3) is 0 Å². The van der Waals surface area contributed by atoms with E-state index in [9.17, 15) is 8.42 Å². The van der Waals surface area contributed by atoms with Gasteiger partial charge in [0.2, 0.25) is 16.0 Å². The molecule has 0 radical (unpaired) electrons. The Morgan fingerprint density at radius 1 is 0.947 bits per heavy atom. The third-order valence-electron chi connectivity index (χ3n) is 5.92. The molecule has 2 atom stereocenters. The van der Waals surface area contributed by atoms with Crippen LogP contribution < -0.4 is 14.2 Å². The summed E-state index contributed by atoms with van der Waals surface area (Å²) < 4.78 is 48.1. The number of aromatic nitrogens is 6. The zero-order valence-electron chi connectivity index (χ0n) is 21.9. The highest BCUT2D eigenvalue weighted by molar-refractivity contribution is 7.93. The summed E-state index contributed by atoms with van der Waals surface area (Å²) in [6.07, 6.45) is 5.49. The molecule has 38 heavy (non-hydrogen) atoms. The van der Waals surface area contributed by atoms with Crippen LogP contribution in [0.2, 0.25) is 0 Å². The van der Waals surface area contributed by atoms with Crippen LogP contribution >= 0.6 is 0 Å². The van der Waals surface area contributed by atoms with Crippen LogP contribution in [0.3, 0.4) is 0 Å². The molecule has 13 heteroatoms. The second-order valence-corrected chi connectivity index (χ2v) is 10.6. The van der Waals surface area contributed by atoms with E-state index in [4.69, 9.17) is 14.2 Å². The summed E-state index contributed by atoms with van der Waals surface area (Å²) in [6, 6.07) is 7.09. The van der Waals surface area contributed by atoms with Gasteiger partial charge in [-0.25, -0.2) is 8.42 Å². The monoisotopic (exact) mass is 539 g/mol. The maximum atomic E-state index is 13.6. The number of para-hydroxylation sites is 1. The SMILES string of the molecule is COc1cccc(OC)c1-n1c(NS(=O)(=O)[C@@H](C)[C@@H](OC)c2cnc(C)cn2)nnc1-c1cncc(C)c1. The summed E-state index contributed by atoms with van der Waals surface area (Å²) in [6.45, 7) is 5.21. The van der Waals surface area contributed by atoms with Crippen molar-refractivity contribution in [1.29, 1.82) is 0 Å². The molecule has 0 bridgehead atoms. The number of rotatable bonds is 10. The first-order chi connectivity index (χ1) is 18.2. The molecule has 0 amide bonds. The van der Waals surface area contributed by atoms with Crippen LogP contribution in [0, 0.1) is 13.8 Å². The largest absolute Gasteiger partial charge is 0.494 e. The maximum Gasteiger partial charge on any atom is 0.243 e. The number of ether oxygens (including phenoxy) is 3. The number of hydrogen-bond acceptors (Lipinski definition) is 10. The van der Waals surface area contributed by atoms with Crippen LogP contribution in [0.4, 0.5) is 5.95 Å². The lowest BCUT2D eigenvalue weighted by Crippen LogP contribution is -2.33. The molecule has 4 rings (SSSR count). The van der Waals surface area contributed by atoms with Crippen LogP contribution in [0.5, 0.6) is 11.5 Å². The number of hydrogen-bond donors (Lipinski definition) is 1. The number of sulfonamides is 1. The number of anilines is 1. The number of nitrogens with zero attached hydrogens (tertiary/aromatic N) is 6. The first-order valence-electron chi connectivity index (χ1n) is 11.6. The summed E-state index contributed by atoms with van der Waals surface area (Å²) in [5.41, 5.74) is 3.01. The van der Waals surface area contributed by atoms with Gasteiger partial charge in [-0.15, -0.1) is 10.2 Å². The first kappa shape index (κ1) is 26.9. The molecule has 0 saturated carbocycles. The zero-order chi connectivity index (χ0) is 27.4. The Kier molecular flexibility index (Phi) is 7.88. The van der Waals surface area contributed by atoms with Gasteiger partial charge < -0.3 is 14.2 Å². The lowest BCUT2D eigenvalue weighted by atomic mass is 10.2. The van der Waals surface area contributed by atoms with Crippen LogP contribution in [-0.4, -0.2) is 64.7 Å². The molecule has 0 unspecified atom stereocenters. The van der Waals surface area contributed by atoms with Crippen molar-refractivity contribution >= 4 is 16.0 Å². The van der Waals surface area contributed by atoms with Gasteiger partial charge in [0.15, 0.2) is 5.82 Å². The Balaban J connectivity index is 1.84. The van der Waals surface area contributed by atoms with Crippen LogP contribution in [0.15, 0.2) is 49.1 Å². The highest BCUT2D eigenvalue weighted by Crippen LogP contribution is 2.38. The van der Waals surface area contributed by atoms with Crippen LogP contribution in [0.1, 0.15) is 30.0 Å². The number of aryl methyl sites for hydroxylation is 2. The number of nitrogens with one attached hydrogen (secondary N) is 1. The molecular weight excluding hydrogens is 510 g/mol. The predicted octanol–water partition coefficient (Wildman–Crippen LogP) is 3.27. The Morgan fingerprint density at radius 2 is 1.66 bits per heavy atom. The lowest BCUT2D eigenvalue weighted by molar-refractivity contribution is 0.0985. The highest BCUT2D eigenvalue weighted by atomic mass is 32.2. The van der Waals surface area contributed by atoms with E-state index in [1.165, 1.54) is 39.0 Å². The highest BCUT2D eigenvalue weighted by Gasteiger charge is 2.34. The van der Waals surface area contributed by atoms with Gasteiger partial charge in [-0.3, -0.25) is 24.2 Å². The fourth-order valence-electron chi connectivity index (χ4n) is 3.96. The van der Waals surface area contributed by atoms with Crippen LogP contribution in [0.25, 0.3) is 17.1 Å². The normalized spacial score (nSPS) is 13.1. The molecule has 12 nitrogen and oxygen atoms in total. The number of benzene rings is 1. The minimum Gasteiger partial charge on any atom is -0.494 e. The zero-order valence-corrected chi connectivity index (χ0v) is 22.7. The van der Waals surface area contributed by atoms with Crippen molar-refractivity contribution in [3.63, 3.8) is 0 Å². The van der Waals surface area contributed by atoms with Crippen molar-refractivity contribution in [2.45, 2.75) is 32.1 Å². The molecule has 0 saturated heterocycles. The summed E-state index contributed by atoms with van der Waals surface area (Å²) in [7, 11) is 0.343. The predicted molar refractivity (Wildman–Crippen MR) is 141 cm³/mol. The topological polar surface area (TPSA) is 143 Å². The molecule has 200 valence electrons. The smallest absolute Gasteiger partial charge is 0.243 e. The molecule has 1 N–H and O–H groups in total. The molecule has 1 aromatic carbocycles. The third-order valence-corrected chi connectivity index (χ3v) is 7.61. The van der Waals surface area contributed by atoms with E-state index >= 15 is 0 Å². The van der Waals surface area contributed by atoms with E-state index in [0.717, 1.165) is 5.56 Å². The average Bonchev–Trinajstić information content (AvgIpc) is 3.31. The van der Waals surface area contributed by atoms with Crippen molar-refractivity contribution in [1.82, 2.24) is 29.7 Å². The Morgan fingerprint density at radius 3 is 2.24 bits per heavy atom. The maximum absolute atomic E-state index is 13.6. The fraction of sp³-hybridized carbons (Fsp3) is 0.320. The van der Waals surface area contributed by atoms with Gasteiger partial charge in [-0.2, -0.15) is 0 Å². The van der Waals surface area contributed by atoms with Crippen molar-refractivity contribution in [2.75, 3.05) is 26.1 Å². The second kappa shape index (κ2) is 11.1. The molecule has 4 aromatic rings. The molecule has 0 aliphatic carbocycles. The van der Waals surface area contributed by atoms with E-state index in [-0.39, 0.29) is 5.95 Å². The van der Waals surface area contributed by atoms with Gasteiger partial charge in [0.05, 0.1) is 31.8 Å². The minimum absolute atomic E-state index is 0.0685. The Hall–Kier alpha value is -4.10. The van der Waals surface area contributed by atoms with E-state index in [0.29, 0.717) is 40.0 Å². The fourth-order valence-corrected chi connectivity index (χ4v) is 5.11. The quantitative estimate of drug-likeness (QED) is 0.319.